The van der Waals surface area contributed by atoms with Gasteiger partial charge in [-0.05, 0) is 45.2 Å². The minimum absolute atomic E-state index is 0.00833. The summed E-state index contributed by atoms with van der Waals surface area (Å²) in [5.74, 6) is 0. The molecule has 1 unspecified atom stereocenters. The van der Waals surface area contributed by atoms with Crippen molar-refractivity contribution in [1.82, 2.24) is 14.9 Å². The van der Waals surface area contributed by atoms with Crippen LogP contribution in [0.5, 0.6) is 0 Å². The Morgan fingerprint density at radius 3 is 2.08 bits per heavy atom. The highest BCUT2D eigenvalue weighted by molar-refractivity contribution is 7.91. The summed E-state index contributed by atoms with van der Waals surface area (Å²) in [5.41, 5.74) is -0.00833. The van der Waals surface area contributed by atoms with Gasteiger partial charge in [0.25, 0.3) is 7.52 Å². The molecule has 0 aromatic rings. The third-order valence-electron chi connectivity index (χ3n) is 4.85. The lowest BCUT2D eigenvalue weighted by Gasteiger charge is -2.45. The van der Waals surface area contributed by atoms with E-state index in [0.717, 1.165) is 39.3 Å². The molecular formula is C17H36N3O2PS. The summed E-state index contributed by atoms with van der Waals surface area (Å²) >= 11 is 4.65. The van der Waals surface area contributed by atoms with Crippen LogP contribution in [0.25, 0.3) is 0 Å². The summed E-state index contributed by atoms with van der Waals surface area (Å²) in [6.45, 7) is 16.4. The molecule has 1 atom stereocenters. The van der Waals surface area contributed by atoms with Gasteiger partial charge in [0.15, 0.2) is 0 Å². The first-order chi connectivity index (χ1) is 11.0. The Morgan fingerprint density at radius 1 is 1.08 bits per heavy atom. The lowest BCUT2D eigenvalue weighted by molar-refractivity contribution is 0.0994. The second kappa shape index (κ2) is 7.98. The molecule has 2 aliphatic heterocycles. The topological polar surface area (TPSA) is 44.8 Å². The van der Waals surface area contributed by atoms with E-state index < -0.39 is 12.0 Å². The van der Waals surface area contributed by atoms with Gasteiger partial charge in [0.05, 0.1) is 11.1 Å². The number of hydrogen-bond donors (Lipinski definition) is 2. The Kier molecular flexibility index (Phi) is 6.89. The van der Waals surface area contributed by atoms with Gasteiger partial charge in [-0.3, -0.25) is 9.46 Å². The van der Waals surface area contributed by atoms with E-state index in [1.165, 1.54) is 12.8 Å². The average molecular weight is 378 g/mol. The molecule has 0 saturated carbocycles. The monoisotopic (exact) mass is 377 g/mol. The normalized spacial score (nSPS) is 25.6. The zero-order valence-corrected chi connectivity index (χ0v) is 17.8. The van der Waals surface area contributed by atoms with Crippen LogP contribution >= 0.6 is 20.1 Å². The molecule has 0 aromatic carbocycles. The molecule has 0 aromatic heterocycles. The van der Waals surface area contributed by atoms with Crippen LogP contribution in [0, 0.1) is 5.41 Å². The van der Waals surface area contributed by atoms with E-state index >= 15 is 0 Å². The van der Waals surface area contributed by atoms with Crippen molar-refractivity contribution < 1.29 is 9.09 Å². The maximum atomic E-state index is 13.7. The zero-order chi connectivity index (χ0) is 18.0. The highest BCUT2D eigenvalue weighted by atomic mass is 32.1. The van der Waals surface area contributed by atoms with Gasteiger partial charge in [-0.25, -0.2) is 4.67 Å². The molecule has 0 amide bonds. The zero-order valence-electron chi connectivity index (χ0n) is 16.0. The summed E-state index contributed by atoms with van der Waals surface area (Å²) in [4.78, 5) is 2.57. The Bertz CT molecular complexity index is 448. The standard InChI is InChI=1S/C17H36N3O2PS/c1-16(2,3)14-22-23(21,17(4,5)24)20-12-10-19(11-13-20)15-6-8-18-9-7-15/h15,18,24H,6-14H2,1-5H3. The van der Waals surface area contributed by atoms with Gasteiger partial charge < -0.3 is 9.84 Å². The van der Waals surface area contributed by atoms with Crippen molar-refractivity contribution in [3.63, 3.8) is 0 Å². The number of piperidine rings is 1. The molecule has 0 aliphatic carbocycles. The van der Waals surface area contributed by atoms with Gasteiger partial charge in [0.1, 0.15) is 0 Å². The highest BCUT2D eigenvalue weighted by Crippen LogP contribution is 2.64. The molecule has 24 heavy (non-hydrogen) atoms. The molecule has 2 fully saturated rings. The summed E-state index contributed by atoms with van der Waals surface area (Å²) < 4.78 is 21.2. The minimum atomic E-state index is -2.98. The van der Waals surface area contributed by atoms with Gasteiger partial charge in [0, 0.05) is 32.2 Å². The number of nitrogens with zero attached hydrogens (tertiary/aromatic N) is 2. The first-order valence-corrected chi connectivity index (χ1v) is 11.2. The van der Waals surface area contributed by atoms with Gasteiger partial charge in [-0.1, -0.05) is 20.8 Å². The van der Waals surface area contributed by atoms with E-state index in [-0.39, 0.29) is 5.41 Å². The fraction of sp³-hybridized carbons (Fsp3) is 1.00. The van der Waals surface area contributed by atoms with Crippen LogP contribution in [0.4, 0.5) is 0 Å². The smallest absolute Gasteiger partial charge is 0.287 e. The van der Waals surface area contributed by atoms with Crippen LogP contribution in [-0.2, 0) is 9.09 Å². The van der Waals surface area contributed by atoms with Crippen LogP contribution in [0.15, 0.2) is 0 Å². The second-order valence-electron chi connectivity index (χ2n) is 8.82. The largest absolute Gasteiger partial charge is 0.317 e. The first-order valence-electron chi connectivity index (χ1n) is 9.20. The Morgan fingerprint density at radius 2 is 1.62 bits per heavy atom. The van der Waals surface area contributed by atoms with Gasteiger partial charge in [-0.2, -0.15) is 12.6 Å². The number of rotatable bonds is 5. The third-order valence-corrected chi connectivity index (χ3v) is 8.62. The molecule has 0 radical (unpaired) electrons. The van der Waals surface area contributed by atoms with Crippen LogP contribution in [0.1, 0.15) is 47.5 Å². The van der Waals surface area contributed by atoms with Crippen molar-refractivity contribution in [2.45, 2.75) is 58.0 Å². The van der Waals surface area contributed by atoms with Gasteiger partial charge in [0.2, 0.25) is 0 Å². The van der Waals surface area contributed by atoms with Crippen LogP contribution in [-0.4, -0.2) is 66.0 Å². The molecule has 0 bridgehead atoms. The third kappa shape index (κ3) is 5.21. The van der Waals surface area contributed by atoms with Gasteiger partial charge >= 0.3 is 0 Å². The Hall–Kier alpha value is 0.420. The molecule has 2 heterocycles. The summed E-state index contributed by atoms with van der Waals surface area (Å²) in [6.07, 6.45) is 2.44. The predicted molar refractivity (Wildman–Crippen MR) is 105 cm³/mol. The maximum Gasteiger partial charge on any atom is 0.287 e. The fourth-order valence-electron chi connectivity index (χ4n) is 3.38. The van der Waals surface area contributed by atoms with Crippen molar-refractivity contribution >= 4 is 20.1 Å². The molecule has 7 heteroatoms. The summed E-state index contributed by atoms with van der Waals surface area (Å²) in [5, 5.41) is 3.43. The lowest BCUT2D eigenvalue weighted by Crippen LogP contribution is -2.52. The van der Waals surface area contributed by atoms with E-state index in [0.29, 0.717) is 12.6 Å². The van der Waals surface area contributed by atoms with Crippen LogP contribution in [0.2, 0.25) is 0 Å². The van der Waals surface area contributed by atoms with Crippen molar-refractivity contribution in [2.75, 3.05) is 45.9 Å². The molecule has 2 saturated heterocycles. The summed E-state index contributed by atoms with van der Waals surface area (Å²) in [6, 6.07) is 0.673. The predicted octanol–water partition coefficient (Wildman–Crippen LogP) is 3.28. The van der Waals surface area contributed by atoms with Gasteiger partial charge in [-0.15, -0.1) is 0 Å². The Balaban J connectivity index is 2.00. The molecule has 142 valence electrons. The van der Waals surface area contributed by atoms with E-state index in [4.69, 9.17) is 4.52 Å². The van der Waals surface area contributed by atoms with E-state index in [2.05, 4.69) is 48.3 Å². The molecule has 2 aliphatic rings. The number of piperazine rings is 1. The molecule has 0 spiro atoms. The molecule has 1 N–H and O–H groups in total. The second-order valence-corrected chi connectivity index (χ2v) is 13.3. The maximum absolute atomic E-state index is 13.7. The van der Waals surface area contributed by atoms with Crippen molar-refractivity contribution in [2.24, 2.45) is 5.41 Å². The van der Waals surface area contributed by atoms with E-state index in [1.807, 2.05) is 13.8 Å². The highest BCUT2D eigenvalue weighted by Gasteiger charge is 2.46. The molecule has 5 nitrogen and oxygen atoms in total. The van der Waals surface area contributed by atoms with Crippen LogP contribution in [0.3, 0.4) is 0 Å². The van der Waals surface area contributed by atoms with Crippen molar-refractivity contribution in [3.05, 3.63) is 0 Å². The number of nitrogens with one attached hydrogen (secondary N) is 1. The summed E-state index contributed by atoms with van der Waals surface area (Å²) in [7, 11) is -2.98. The first kappa shape index (κ1) is 20.7. The van der Waals surface area contributed by atoms with Crippen LogP contribution < -0.4 is 5.32 Å². The Labute approximate surface area is 153 Å². The van der Waals surface area contributed by atoms with Crippen molar-refractivity contribution in [3.8, 4) is 0 Å². The molecular weight excluding hydrogens is 341 g/mol. The van der Waals surface area contributed by atoms with Crippen molar-refractivity contribution in [1.29, 1.82) is 0 Å². The molecule has 2 rings (SSSR count). The fourth-order valence-corrected chi connectivity index (χ4v) is 6.37. The minimum Gasteiger partial charge on any atom is -0.317 e. The average Bonchev–Trinajstić information content (AvgIpc) is 2.52. The van der Waals surface area contributed by atoms with E-state index in [1.54, 1.807) is 0 Å². The lowest BCUT2D eigenvalue weighted by atomic mass is 9.99. The quantitative estimate of drug-likeness (QED) is 0.569. The number of thiol groups is 1. The van der Waals surface area contributed by atoms with E-state index in [9.17, 15) is 4.57 Å². The SMILES string of the molecule is CC(C)(C)COP(=O)(N1CCN(C2CCNCC2)CC1)C(C)(C)S. The number of hydrogen-bond acceptors (Lipinski definition) is 5.